The zero-order valence-corrected chi connectivity index (χ0v) is 26.2. The normalized spacial score (nSPS) is 12.0. The predicted molar refractivity (Wildman–Crippen MR) is 164 cm³/mol. The standard InChI is InChI=1S/C34H66O5/c1-3-5-7-9-11-13-15-16-17-18-19-21-23-25-27-29-34(37)39-31-32(35)30-38-33(36)28-26-24-22-20-14-12-10-8-6-4-2/h32,35H,3-31H2,1-2H3/t32-/m1/s1. The van der Waals surface area contributed by atoms with E-state index in [0.29, 0.717) is 12.8 Å². The first kappa shape index (κ1) is 37.9. The van der Waals surface area contributed by atoms with Crippen molar-refractivity contribution in [3.63, 3.8) is 0 Å². The summed E-state index contributed by atoms with van der Waals surface area (Å²) in [5.74, 6) is -0.557. The summed E-state index contributed by atoms with van der Waals surface area (Å²) in [5, 5.41) is 9.94. The van der Waals surface area contributed by atoms with Crippen molar-refractivity contribution in [3.8, 4) is 0 Å². The van der Waals surface area contributed by atoms with E-state index in [1.165, 1.54) is 135 Å². The van der Waals surface area contributed by atoms with Crippen LogP contribution in [0.2, 0.25) is 0 Å². The van der Waals surface area contributed by atoms with Crippen molar-refractivity contribution in [1.29, 1.82) is 0 Å². The molecule has 0 saturated carbocycles. The van der Waals surface area contributed by atoms with Crippen LogP contribution in [0.4, 0.5) is 0 Å². The average molecular weight is 555 g/mol. The van der Waals surface area contributed by atoms with Gasteiger partial charge in [-0.15, -0.1) is 0 Å². The first-order chi connectivity index (χ1) is 19.1. The van der Waals surface area contributed by atoms with Gasteiger partial charge in [0.15, 0.2) is 0 Å². The molecule has 0 rings (SSSR count). The third-order valence-electron chi connectivity index (χ3n) is 7.59. The maximum Gasteiger partial charge on any atom is 0.305 e. The van der Waals surface area contributed by atoms with Crippen molar-refractivity contribution in [3.05, 3.63) is 0 Å². The van der Waals surface area contributed by atoms with E-state index >= 15 is 0 Å². The van der Waals surface area contributed by atoms with Crippen molar-refractivity contribution in [1.82, 2.24) is 0 Å². The van der Waals surface area contributed by atoms with Crippen LogP contribution in [0, 0.1) is 0 Å². The van der Waals surface area contributed by atoms with E-state index in [4.69, 9.17) is 9.47 Å². The summed E-state index contributed by atoms with van der Waals surface area (Å²) in [6.45, 7) is 4.29. The molecule has 0 aromatic rings. The van der Waals surface area contributed by atoms with Gasteiger partial charge in [0.1, 0.15) is 19.3 Å². The molecule has 0 aliphatic rings. The Morgan fingerprint density at radius 1 is 0.436 bits per heavy atom. The van der Waals surface area contributed by atoms with E-state index in [2.05, 4.69) is 13.8 Å². The highest BCUT2D eigenvalue weighted by molar-refractivity contribution is 5.69. The number of aliphatic hydroxyl groups excluding tert-OH is 1. The Labute approximate surface area is 242 Å². The number of carbonyl (C=O) groups is 2. The smallest absolute Gasteiger partial charge is 0.305 e. The van der Waals surface area contributed by atoms with Gasteiger partial charge in [-0.3, -0.25) is 9.59 Å². The molecule has 0 fully saturated rings. The van der Waals surface area contributed by atoms with E-state index in [-0.39, 0.29) is 25.2 Å². The van der Waals surface area contributed by atoms with E-state index in [0.717, 1.165) is 25.7 Å². The van der Waals surface area contributed by atoms with Crippen LogP contribution >= 0.6 is 0 Å². The average Bonchev–Trinajstić information content (AvgIpc) is 2.93. The lowest BCUT2D eigenvalue weighted by molar-refractivity contribution is -0.152. The van der Waals surface area contributed by atoms with Crippen molar-refractivity contribution >= 4 is 11.9 Å². The minimum atomic E-state index is -0.952. The molecule has 5 heteroatoms. The van der Waals surface area contributed by atoms with Crippen LogP contribution in [0.25, 0.3) is 0 Å². The van der Waals surface area contributed by atoms with Gasteiger partial charge in [0.2, 0.25) is 0 Å². The second-order valence-corrected chi connectivity index (χ2v) is 11.7. The maximum atomic E-state index is 11.9. The van der Waals surface area contributed by atoms with Gasteiger partial charge in [0.05, 0.1) is 0 Å². The fourth-order valence-electron chi connectivity index (χ4n) is 4.97. The summed E-state index contributed by atoms with van der Waals surface area (Å²) in [6, 6.07) is 0. The molecule has 0 bridgehead atoms. The van der Waals surface area contributed by atoms with Crippen LogP contribution in [-0.4, -0.2) is 36.4 Å². The Hall–Kier alpha value is -1.10. The lowest BCUT2D eigenvalue weighted by atomic mass is 10.0. The summed E-state index contributed by atoms with van der Waals surface area (Å²) >= 11 is 0. The Morgan fingerprint density at radius 2 is 0.667 bits per heavy atom. The van der Waals surface area contributed by atoms with Gasteiger partial charge >= 0.3 is 11.9 Å². The molecule has 0 radical (unpaired) electrons. The second-order valence-electron chi connectivity index (χ2n) is 11.7. The van der Waals surface area contributed by atoms with Crippen molar-refractivity contribution in [2.45, 2.75) is 193 Å². The number of hydrogen-bond acceptors (Lipinski definition) is 5. The fourth-order valence-corrected chi connectivity index (χ4v) is 4.97. The minimum Gasteiger partial charge on any atom is -0.463 e. The van der Waals surface area contributed by atoms with Crippen molar-refractivity contribution in [2.75, 3.05) is 13.2 Å². The van der Waals surface area contributed by atoms with E-state index in [9.17, 15) is 14.7 Å². The Balaban J connectivity index is 3.39. The maximum absolute atomic E-state index is 11.9. The molecular formula is C34H66O5. The molecular weight excluding hydrogens is 488 g/mol. The molecule has 0 aliphatic carbocycles. The zero-order valence-electron chi connectivity index (χ0n) is 26.2. The summed E-state index contributed by atoms with van der Waals surface area (Å²) in [5.41, 5.74) is 0. The molecule has 1 N–H and O–H groups in total. The number of aliphatic hydroxyl groups is 1. The quantitative estimate of drug-likeness (QED) is 0.0681. The lowest BCUT2D eigenvalue weighted by Crippen LogP contribution is -2.25. The third kappa shape index (κ3) is 31.3. The molecule has 39 heavy (non-hydrogen) atoms. The van der Waals surface area contributed by atoms with Gasteiger partial charge in [0, 0.05) is 12.8 Å². The van der Waals surface area contributed by atoms with Crippen LogP contribution < -0.4 is 0 Å². The number of hydrogen-bond donors (Lipinski definition) is 1. The summed E-state index contributed by atoms with van der Waals surface area (Å²) in [4.78, 5) is 23.7. The van der Waals surface area contributed by atoms with Crippen molar-refractivity contribution in [2.24, 2.45) is 0 Å². The van der Waals surface area contributed by atoms with Gasteiger partial charge in [-0.1, -0.05) is 162 Å². The summed E-state index contributed by atoms with van der Waals surface area (Å²) in [7, 11) is 0. The van der Waals surface area contributed by atoms with E-state index < -0.39 is 6.10 Å². The van der Waals surface area contributed by atoms with Crippen LogP contribution in [0.3, 0.4) is 0 Å². The lowest BCUT2D eigenvalue weighted by Gasteiger charge is -2.12. The van der Waals surface area contributed by atoms with Crippen LogP contribution in [0.15, 0.2) is 0 Å². The SMILES string of the molecule is CCCCCCCCCCCCCCCCCC(=O)OC[C@H](O)COC(=O)CCCCCCCCCCCC. The molecule has 0 aliphatic heterocycles. The first-order valence-corrected chi connectivity index (χ1v) is 17.1. The second kappa shape index (κ2) is 31.4. The number of ether oxygens (including phenoxy) is 2. The highest BCUT2D eigenvalue weighted by Crippen LogP contribution is 2.14. The fraction of sp³-hybridized carbons (Fsp3) is 0.941. The Kier molecular flexibility index (Phi) is 30.5. The number of rotatable bonds is 31. The van der Waals surface area contributed by atoms with Gasteiger partial charge in [-0.05, 0) is 12.8 Å². The molecule has 0 saturated heterocycles. The zero-order chi connectivity index (χ0) is 28.7. The molecule has 0 unspecified atom stereocenters. The van der Waals surface area contributed by atoms with E-state index in [1.54, 1.807) is 0 Å². The van der Waals surface area contributed by atoms with Gasteiger partial charge in [-0.25, -0.2) is 0 Å². The number of carbonyl (C=O) groups excluding carboxylic acids is 2. The molecule has 0 amide bonds. The first-order valence-electron chi connectivity index (χ1n) is 17.1. The highest BCUT2D eigenvalue weighted by Gasteiger charge is 2.12. The molecule has 1 atom stereocenters. The molecule has 5 nitrogen and oxygen atoms in total. The topological polar surface area (TPSA) is 72.8 Å². The number of esters is 2. The number of unbranched alkanes of at least 4 members (excludes halogenated alkanes) is 23. The molecule has 232 valence electrons. The molecule has 0 aromatic carbocycles. The molecule has 0 heterocycles. The van der Waals surface area contributed by atoms with Crippen LogP contribution in [-0.2, 0) is 19.1 Å². The largest absolute Gasteiger partial charge is 0.463 e. The van der Waals surface area contributed by atoms with E-state index in [1.807, 2.05) is 0 Å². The summed E-state index contributed by atoms with van der Waals surface area (Å²) < 4.78 is 10.3. The summed E-state index contributed by atoms with van der Waals surface area (Å²) in [6.07, 6.45) is 31.5. The minimum absolute atomic E-state index is 0.108. The van der Waals surface area contributed by atoms with Gasteiger partial charge in [-0.2, -0.15) is 0 Å². The molecule has 0 aromatic heterocycles. The Morgan fingerprint density at radius 3 is 0.923 bits per heavy atom. The van der Waals surface area contributed by atoms with Crippen LogP contribution in [0.1, 0.15) is 187 Å². The Bertz CT molecular complexity index is 522. The van der Waals surface area contributed by atoms with Gasteiger partial charge in [0.25, 0.3) is 0 Å². The molecule has 0 spiro atoms. The highest BCUT2D eigenvalue weighted by atomic mass is 16.6. The van der Waals surface area contributed by atoms with Crippen LogP contribution in [0.5, 0.6) is 0 Å². The monoisotopic (exact) mass is 554 g/mol. The predicted octanol–water partition coefficient (Wildman–Crippen LogP) is 10.0. The van der Waals surface area contributed by atoms with Gasteiger partial charge < -0.3 is 14.6 Å². The van der Waals surface area contributed by atoms with Crippen molar-refractivity contribution < 1.29 is 24.2 Å². The third-order valence-corrected chi connectivity index (χ3v) is 7.59.